The van der Waals surface area contributed by atoms with Crippen LogP contribution in [0, 0.1) is 16.0 Å². The average Bonchev–Trinajstić information content (AvgIpc) is 2.46. The quantitative estimate of drug-likeness (QED) is 0.679. The Morgan fingerprint density at radius 2 is 2.14 bits per heavy atom. The summed E-state index contributed by atoms with van der Waals surface area (Å²) in [7, 11) is 1.69. The molecule has 21 heavy (non-hydrogen) atoms. The van der Waals surface area contributed by atoms with Crippen molar-refractivity contribution in [2.24, 2.45) is 11.7 Å². The van der Waals surface area contributed by atoms with Gasteiger partial charge in [-0.15, -0.1) is 0 Å². The first-order valence-electron chi connectivity index (χ1n) is 7.22. The van der Waals surface area contributed by atoms with Gasteiger partial charge in [-0.2, -0.15) is 0 Å². The second kappa shape index (κ2) is 6.67. The molecule has 1 amide bonds. The van der Waals surface area contributed by atoms with E-state index in [1.54, 1.807) is 30.1 Å². The number of nitro groups is 1. The predicted molar refractivity (Wildman–Crippen MR) is 79.5 cm³/mol. The highest BCUT2D eigenvalue weighted by atomic mass is 16.6. The van der Waals surface area contributed by atoms with Gasteiger partial charge >= 0.3 is 0 Å². The third-order valence-corrected chi connectivity index (χ3v) is 4.04. The molecule has 1 aliphatic carbocycles. The van der Waals surface area contributed by atoms with E-state index in [9.17, 15) is 14.9 Å². The maximum absolute atomic E-state index is 12.4. The highest BCUT2D eigenvalue weighted by Crippen LogP contribution is 2.26. The predicted octanol–water partition coefficient (Wildman–Crippen LogP) is 2.07. The number of carbonyl (C=O) groups is 1. The van der Waals surface area contributed by atoms with Gasteiger partial charge in [0, 0.05) is 30.6 Å². The number of rotatable bonds is 4. The molecule has 2 atom stereocenters. The first-order chi connectivity index (χ1) is 9.99. The van der Waals surface area contributed by atoms with Crippen LogP contribution in [0.15, 0.2) is 24.3 Å². The second-order valence-corrected chi connectivity index (χ2v) is 5.70. The van der Waals surface area contributed by atoms with Crippen LogP contribution in [-0.4, -0.2) is 28.8 Å². The minimum atomic E-state index is -0.413. The number of nitro benzene ring substituents is 1. The van der Waals surface area contributed by atoms with Crippen LogP contribution in [0.2, 0.25) is 0 Å². The van der Waals surface area contributed by atoms with Gasteiger partial charge in [-0.05, 0) is 19.3 Å². The zero-order valence-electron chi connectivity index (χ0n) is 12.2. The summed E-state index contributed by atoms with van der Waals surface area (Å²) in [6.07, 6.45) is 3.50. The molecular formula is C15H21N3O3. The highest BCUT2D eigenvalue weighted by Gasteiger charge is 2.28. The number of para-hydroxylation sites is 1. The molecule has 0 aromatic heterocycles. The molecule has 114 valence electrons. The van der Waals surface area contributed by atoms with Gasteiger partial charge in [-0.1, -0.05) is 24.6 Å². The summed E-state index contributed by atoms with van der Waals surface area (Å²) in [6, 6.07) is 6.62. The third kappa shape index (κ3) is 3.78. The minimum absolute atomic E-state index is 0.0308. The molecule has 1 fully saturated rings. The van der Waals surface area contributed by atoms with Gasteiger partial charge in [0.2, 0.25) is 5.91 Å². The molecule has 0 heterocycles. The minimum Gasteiger partial charge on any atom is -0.341 e. The number of nitrogens with zero attached hydrogens (tertiary/aromatic N) is 2. The van der Waals surface area contributed by atoms with E-state index >= 15 is 0 Å². The Balaban J connectivity index is 2.05. The normalized spacial score (nSPS) is 21.8. The Hall–Kier alpha value is -1.95. The van der Waals surface area contributed by atoms with E-state index in [-0.39, 0.29) is 30.1 Å². The van der Waals surface area contributed by atoms with Crippen molar-refractivity contribution in [3.8, 4) is 0 Å². The van der Waals surface area contributed by atoms with E-state index in [0.29, 0.717) is 12.0 Å². The molecule has 1 saturated carbocycles. The third-order valence-electron chi connectivity index (χ3n) is 4.04. The average molecular weight is 291 g/mol. The Bertz CT molecular complexity index is 533. The van der Waals surface area contributed by atoms with Crippen molar-refractivity contribution in [3.05, 3.63) is 39.9 Å². The zero-order valence-corrected chi connectivity index (χ0v) is 12.2. The summed E-state index contributed by atoms with van der Waals surface area (Å²) in [5, 5.41) is 11.0. The molecule has 0 spiro atoms. The van der Waals surface area contributed by atoms with Gasteiger partial charge in [0.15, 0.2) is 0 Å². The molecular weight excluding hydrogens is 270 g/mol. The van der Waals surface area contributed by atoms with Crippen molar-refractivity contribution >= 4 is 11.6 Å². The van der Waals surface area contributed by atoms with Crippen molar-refractivity contribution < 1.29 is 9.72 Å². The summed E-state index contributed by atoms with van der Waals surface area (Å²) in [4.78, 5) is 24.6. The smallest absolute Gasteiger partial charge is 0.274 e. The molecule has 1 aromatic rings. The molecule has 2 unspecified atom stereocenters. The van der Waals surface area contributed by atoms with Crippen LogP contribution in [-0.2, 0) is 11.3 Å². The molecule has 0 saturated heterocycles. The topological polar surface area (TPSA) is 89.5 Å². The van der Waals surface area contributed by atoms with E-state index in [1.165, 1.54) is 6.07 Å². The molecule has 1 aromatic carbocycles. The number of amides is 1. The van der Waals surface area contributed by atoms with Crippen LogP contribution in [0.4, 0.5) is 5.69 Å². The van der Waals surface area contributed by atoms with Crippen molar-refractivity contribution in [1.82, 2.24) is 4.90 Å². The fraction of sp³-hybridized carbons (Fsp3) is 0.533. The first kappa shape index (κ1) is 15.4. The largest absolute Gasteiger partial charge is 0.341 e. The van der Waals surface area contributed by atoms with Crippen molar-refractivity contribution in [2.45, 2.75) is 38.3 Å². The maximum Gasteiger partial charge on any atom is 0.274 e. The van der Waals surface area contributed by atoms with Crippen molar-refractivity contribution in [3.63, 3.8) is 0 Å². The lowest BCUT2D eigenvalue weighted by Crippen LogP contribution is -2.38. The first-order valence-corrected chi connectivity index (χ1v) is 7.22. The lowest BCUT2D eigenvalue weighted by molar-refractivity contribution is -0.385. The lowest BCUT2D eigenvalue weighted by Gasteiger charge is -2.29. The fourth-order valence-electron chi connectivity index (χ4n) is 2.92. The van der Waals surface area contributed by atoms with Crippen LogP contribution in [0.25, 0.3) is 0 Å². The zero-order chi connectivity index (χ0) is 15.4. The fourth-order valence-corrected chi connectivity index (χ4v) is 2.92. The molecule has 1 aliphatic rings. The number of hydrogen-bond acceptors (Lipinski definition) is 4. The van der Waals surface area contributed by atoms with Crippen molar-refractivity contribution in [1.29, 1.82) is 0 Å². The molecule has 6 nitrogen and oxygen atoms in total. The maximum atomic E-state index is 12.4. The van der Waals surface area contributed by atoms with Crippen molar-refractivity contribution in [2.75, 3.05) is 7.05 Å². The van der Waals surface area contributed by atoms with E-state index in [0.717, 1.165) is 19.3 Å². The second-order valence-electron chi connectivity index (χ2n) is 5.70. The monoisotopic (exact) mass is 291 g/mol. The van der Waals surface area contributed by atoms with Crippen LogP contribution < -0.4 is 5.73 Å². The number of nitrogens with two attached hydrogens (primary N) is 1. The molecule has 0 bridgehead atoms. The van der Waals surface area contributed by atoms with E-state index in [2.05, 4.69) is 0 Å². The summed E-state index contributed by atoms with van der Waals surface area (Å²) in [6.45, 7) is 0.252. The number of hydrogen-bond donors (Lipinski definition) is 1. The Morgan fingerprint density at radius 1 is 1.43 bits per heavy atom. The van der Waals surface area contributed by atoms with Crippen LogP contribution >= 0.6 is 0 Å². The summed E-state index contributed by atoms with van der Waals surface area (Å²) < 4.78 is 0. The lowest BCUT2D eigenvalue weighted by atomic mass is 9.85. The van der Waals surface area contributed by atoms with Gasteiger partial charge in [-0.3, -0.25) is 14.9 Å². The summed E-state index contributed by atoms with van der Waals surface area (Å²) in [5.41, 5.74) is 6.53. The van der Waals surface area contributed by atoms with Crippen LogP contribution in [0.3, 0.4) is 0 Å². The van der Waals surface area contributed by atoms with E-state index in [1.807, 2.05) is 0 Å². The van der Waals surface area contributed by atoms with Gasteiger partial charge in [0.1, 0.15) is 0 Å². The molecule has 0 radical (unpaired) electrons. The highest BCUT2D eigenvalue weighted by molar-refractivity contribution is 5.78. The van der Waals surface area contributed by atoms with Gasteiger partial charge in [0.05, 0.1) is 11.5 Å². The van der Waals surface area contributed by atoms with Crippen LogP contribution in [0.1, 0.15) is 31.2 Å². The standard InChI is InChI=1S/C15H21N3O3/c1-17(15(19)11-6-4-7-13(16)9-11)10-12-5-2-3-8-14(12)18(20)21/h2-3,5,8,11,13H,4,6-7,9-10,16H2,1H3. The molecule has 2 rings (SSSR count). The Labute approximate surface area is 124 Å². The number of benzene rings is 1. The van der Waals surface area contributed by atoms with Crippen LogP contribution in [0.5, 0.6) is 0 Å². The summed E-state index contributed by atoms with van der Waals surface area (Å²) in [5.74, 6) is -0.0233. The summed E-state index contributed by atoms with van der Waals surface area (Å²) >= 11 is 0. The van der Waals surface area contributed by atoms with Gasteiger partial charge in [-0.25, -0.2) is 0 Å². The Morgan fingerprint density at radius 3 is 2.81 bits per heavy atom. The SMILES string of the molecule is CN(Cc1ccccc1[N+](=O)[O-])C(=O)C1CCCC(N)C1. The van der Waals surface area contributed by atoms with Gasteiger partial charge in [0.25, 0.3) is 5.69 Å². The Kier molecular flexibility index (Phi) is 4.90. The molecule has 0 aliphatic heterocycles. The molecule has 2 N–H and O–H groups in total. The number of carbonyl (C=O) groups excluding carboxylic acids is 1. The van der Waals surface area contributed by atoms with E-state index in [4.69, 9.17) is 5.73 Å². The van der Waals surface area contributed by atoms with Gasteiger partial charge < -0.3 is 10.6 Å². The molecule has 6 heteroatoms. The van der Waals surface area contributed by atoms with E-state index < -0.39 is 4.92 Å².